The van der Waals surface area contributed by atoms with Gasteiger partial charge in [0.25, 0.3) is 0 Å². The van der Waals surface area contributed by atoms with Crippen LogP contribution in [0.2, 0.25) is 5.02 Å². The van der Waals surface area contributed by atoms with Gasteiger partial charge in [-0.2, -0.15) is 0 Å². The van der Waals surface area contributed by atoms with Crippen molar-refractivity contribution in [3.8, 4) is 0 Å². The molecule has 1 aromatic rings. The van der Waals surface area contributed by atoms with Gasteiger partial charge in [-0.05, 0) is 12.1 Å². The molecule has 0 spiro atoms. The van der Waals surface area contributed by atoms with Crippen LogP contribution in [0.15, 0.2) is 29.2 Å². The Morgan fingerprint density at radius 2 is 2.10 bits per heavy atom. The number of carboxylic acid groups (broad SMARTS) is 1. The number of aliphatic hydroxyl groups is 1. The maximum Gasteiger partial charge on any atom is 0.326 e. The lowest BCUT2D eigenvalue weighted by atomic mass is 10.2. The lowest BCUT2D eigenvalue weighted by molar-refractivity contribution is -0.147. The normalized spacial score (nSPS) is 22.0. The number of rotatable bonds is 4. The van der Waals surface area contributed by atoms with E-state index in [2.05, 4.69) is 0 Å². The van der Waals surface area contributed by atoms with Gasteiger partial charge in [0.05, 0.1) is 16.9 Å². The highest BCUT2D eigenvalue weighted by Gasteiger charge is 2.38. The van der Waals surface area contributed by atoms with Crippen LogP contribution >= 0.6 is 23.4 Å². The third-order valence-electron chi connectivity index (χ3n) is 3.07. The minimum atomic E-state index is -1.09. The van der Waals surface area contributed by atoms with Crippen LogP contribution in [-0.4, -0.2) is 51.4 Å². The van der Waals surface area contributed by atoms with Crippen molar-refractivity contribution in [3.63, 3.8) is 0 Å². The first-order valence-corrected chi connectivity index (χ1v) is 7.43. The quantitative estimate of drug-likeness (QED) is 0.823. The number of nitrogens with zero attached hydrogens (tertiary/aromatic N) is 1. The fraction of sp³-hybridized carbons (Fsp3) is 0.385. The van der Waals surface area contributed by atoms with E-state index in [-0.39, 0.29) is 24.6 Å². The van der Waals surface area contributed by atoms with E-state index < -0.39 is 18.1 Å². The highest BCUT2D eigenvalue weighted by atomic mass is 35.5. The summed E-state index contributed by atoms with van der Waals surface area (Å²) in [5.41, 5.74) is 0. The molecule has 1 aliphatic rings. The van der Waals surface area contributed by atoms with Gasteiger partial charge in [0.1, 0.15) is 6.04 Å². The summed E-state index contributed by atoms with van der Waals surface area (Å²) in [6.07, 6.45) is -0.692. The minimum absolute atomic E-state index is 0.0683. The number of β-amino-alcohol motifs (C(OH)–C–C–N with tert-alkyl or cyclic N) is 1. The van der Waals surface area contributed by atoms with Gasteiger partial charge in [0.15, 0.2) is 0 Å². The standard InChI is InChI=1S/C13H14ClNO4S/c14-9-3-1-2-4-11(9)20-7-12(17)15-6-8(16)5-10(15)13(18)19/h1-4,8,10,16H,5-7H2,(H,18,19)/t8?,10-/m0/s1. The Morgan fingerprint density at radius 3 is 2.75 bits per heavy atom. The molecule has 0 aromatic heterocycles. The number of aliphatic carboxylic acids is 1. The number of amides is 1. The third kappa shape index (κ3) is 3.45. The summed E-state index contributed by atoms with van der Waals surface area (Å²) in [7, 11) is 0. The van der Waals surface area contributed by atoms with Gasteiger partial charge in [0, 0.05) is 17.9 Å². The molecular weight excluding hydrogens is 302 g/mol. The number of carbonyl (C=O) groups excluding carboxylic acids is 1. The van der Waals surface area contributed by atoms with E-state index in [9.17, 15) is 14.7 Å². The first kappa shape index (κ1) is 15.2. The summed E-state index contributed by atoms with van der Waals surface area (Å²) < 4.78 is 0. The largest absolute Gasteiger partial charge is 0.480 e. The number of hydrogen-bond acceptors (Lipinski definition) is 4. The average molecular weight is 316 g/mol. The van der Waals surface area contributed by atoms with Gasteiger partial charge in [-0.3, -0.25) is 4.79 Å². The van der Waals surface area contributed by atoms with Crippen molar-refractivity contribution in [3.05, 3.63) is 29.3 Å². The minimum Gasteiger partial charge on any atom is -0.480 e. The predicted octanol–water partition coefficient (Wildman–Crippen LogP) is 1.48. The van der Waals surface area contributed by atoms with Gasteiger partial charge in [-0.1, -0.05) is 23.7 Å². The van der Waals surface area contributed by atoms with Gasteiger partial charge >= 0.3 is 5.97 Å². The highest BCUT2D eigenvalue weighted by Crippen LogP contribution is 2.28. The number of likely N-dealkylation sites (tertiary alicyclic amines) is 1. The Hall–Kier alpha value is -1.24. The monoisotopic (exact) mass is 315 g/mol. The molecule has 1 unspecified atom stereocenters. The SMILES string of the molecule is O=C(O)[C@@H]1CC(O)CN1C(=O)CSc1ccccc1Cl. The Balaban J connectivity index is 1.98. The molecule has 1 fully saturated rings. The fourth-order valence-corrected chi connectivity index (χ4v) is 3.23. The number of carbonyl (C=O) groups is 2. The van der Waals surface area contributed by atoms with Crippen molar-refractivity contribution in [2.24, 2.45) is 0 Å². The van der Waals surface area contributed by atoms with Crippen LogP contribution in [0.4, 0.5) is 0 Å². The number of carboxylic acids is 1. The maximum atomic E-state index is 12.1. The summed E-state index contributed by atoms with van der Waals surface area (Å²) in [4.78, 5) is 25.1. The van der Waals surface area contributed by atoms with Crippen molar-refractivity contribution in [1.82, 2.24) is 4.90 Å². The first-order valence-electron chi connectivity index (χ1n) is 6.06. The zero-order valence-electron chi connectivity index (χ0n) is 10.5. The molecule has 1 amide bonds. The molecule has 2 N–H and O–H groups in total. The predicted molar refractivity (Wildman–Crippen MR) is 75.9 cm³/mol. The zero-order chi connectivity index (χ0) is 14.7. The van der Waals surface area contributed by atoms with E-state index in [1.54, 1.807) is 18.2 Å². The Labute approximate surface area is 125 Å². The smallest absolute Gasteiger partial charge is 0.326 e. The van der Waals surface area contributed by atoms with Crippen LogP contribution in [0.3, 0.4) is 0 Å². The van der Waals surface area contributed by atoms with Crippen molar-refractivity contribution in [2.45, 2.75) is 23.5 Å². The third-order valence-corrected chi connectivity index (χ3v) is 4.57. The number of benzene rings is 1. The molecule has 1 aromatic carbocycles. The van der Waals surface area contributed by atoms with E-state index in [0.717, 1.165) is 4.90 Å². The molecule has 20 heavy (non-hydrogen) atoms. The van der Waals surface area contributed by atoms with E-state index in [1.165, 1.54) is 16.7 Å². The maximum absolute atomic E-state index is 12.1. The number of hydrogen-bond donors (Lipinski definition) is 2. The van der Waals surface area contributed by atoms with Crippen LogP contribution in [0.25, 0.3) is 0 Å². The molecule has 5 nitrogen and oxygen atoms in total. The van der Waals surface area contributed by atoms with Crippen molar-refractivity contribution in [1.29, 1.82) is 0 Å². The number of thioether (sulfide) groups is 1. The Morgan fingerprint density at radius 1 is 1.40 bits per heavy atom. The molecular formula is C13H14ClNO4S. The molecule has 2 atom stereocenters. The summed E-state index contributed by atoms with van der Waals surface area (Å²) >= 11 is 7.25. The van der Waals surface area contributed by atoms with Crippen molar-refractivity contribution >= 4 is 35.2 Å². The summed E-state index contributed by atoms with van der Waals surface area (Å²) in [5.74, 6) is -1.29. The van der Waals surface area contributed by atoms with Crippen LogP contribution in [0.5, 0.6) is 0 Å². The molecule has 0 bridgehead atoms. The van der Waals surface area contributed by atoms with Gasteiger partial charge in [0.2, 0.25) is 5.91 Å². The van der Waals surface area contributed by atoms with Crippen LogP contribution in [0, 0.1) is 0 Å². The molecule has 1 aliphatic heterocycles. The van der Waals surface area contributed by atoms with Crippen LogP contribution < -0.4 is 0 Å². The molecule has 1 saturated heterocycles. The first-order chi connectivity index (χ1) is 9.49. The van der Waals surface area contributed by atoms with E-state index in [0.29, 0.717) is 5.02 Å². The highest BCUT2D eigenvalue weighted by molar-refractivity contribution is 8.00. The fourth-order valence-electron chi connectivity index (χ4n) is 2.11. The van der Waals surface area contributed by atoms with Crippen LogP contribution in [-0.2, 0) is 9.59 Å². The van der Waals surface area contributed by atoms with E-state index in [4.69, 9.17) is 16.7 Å². The molecule has 2 rings (SSSR count). The Kier molecular flexibility index (Phi) is 4.91. The second-order valence-electron chi connectivity index (χ2n) is 4.51. The number of aliphatic hydroxyl groups excluding tert-OH is 1. The molecule has 1 heterocycles. The zero-order valence-corrected chi connectivity index (χ0v) is 12.1. The molecule has 7 heteroatoms. The average Bonchev–Trinajstić information content (AvgIpc) is 2.80. The van der Waals surface area contributed by atoms with Crippen molar-refractivity contribution < 1.29 is 19.8 Å². The topological polar surface area (TPSA) is 77.8 Å². The molecule has 108 valence electrons. The van der Waals surface area contributed by atoms with E-state index >= 15 is 0 Å². The number of halogens is 1. The summed E-state index contributed by atoms with van der Waals surface area (Å²) in [6, 6.07) is 6.20. The van der Waals surface area contributed by atoms with Gasteiger partial charge in [-0.25, -0.2) is 4.79 Å². The summed E-state index contributed by atoms with van der Waals surface area (Å²) in [5, 5.41) is 19.1. The summed E-state index contributed by atoms with van der Waals surface area (Å²) in [6.45, 7) is 0.0683. The van der Waals surface area contributed by atoms with Gasteiger partial charge < -0.3 is 15.1 Å². The van der Waals surface area contributed by atoms with E-state index in [1.807, 2.05) is 6.07 Å². The lowest BCUT2D eigenvalue weighted by Crippen LogP contribution is -2.41. The molecule has 0 aliphatic carbocycles. The van der Waals surface area contributed by atoms with Crippen LogP contribution in [0.1, 0.15) is 6.42 Å². The molecule has 0 radical (unpaired) electrons. The second-order valence-corrected chi connectivity index (χ2v) is 5.93. The van der Waals surface area contributed by atoms with Gasteiger partial charge in [-0.15, -0.1) is 11.8 Å². The van der Waals surface area contributed by atoms with Crippen molar-refractivity contribution in [2.75, 3.05) is 12.3 Å². The second kappa shape index (κ2) is 6.47. The molecule has 0 saturated carbocycles. The lowest BCUT2D eigenvalue weighted by Gasteiger charge is -2.20. The Bertz CT molecular complexity index is 525.